The summed E-state index contributed by atoms with van der Waals surface area (Å²) in [5, 5.41) is 7.49. The van der Waals surface area contributed by atoms with Crippen LogP contribution in [0.15, 0.2) is 38.9 Å². The number of nitrogens with one attached hydrogen (secondary N) is 1. The quantitative estimate of drug-likeness (QED) is 0.579. The van der Waals surface area contributed by atoms with Crippen molar-refractivity contribution in [3.63, 3.8) is 0 Å². The number of thiophene rings is 1. The molecule has 0 aromatic carbocycles. The van der Waals surface area contributed by atoms with Gasteiger partial charge in [-0.25, -0.2) is 9.97 Å². The molecule has 0 spiro atoms. The SMILES string of the molecule is CC(C)(C)c1cc(NC(=O)c2cc(Br)c(Br)s2)n(-c2ncccn2)n1. The predicted octanol–water partition coefficient (Wildman–Crippen LogP) is 4.80. The van der Waals surface area contributed by atoms with E-state index in [4.69, 9.17) is 0 Å². The van der Waals surface area contributed by atoms with Crippen LogP contribution in [0.5, 0.6) is 0 Å². The van der Waals surface area contributed by atoms with Crippen LogP contribution in [-0.4, -0.2) is 25.7 Å². The molecule has 3 aromatic rings. The molecule has 130 valence electrons. The molecule has 0 aliphatic carbocycles. The number of rotatable bonds is 3. The summed E-state index contributed by atoms with van der Waals surface area (Å²) in [5.41, 5.74) is 0.665. The molecule has 0 unspecified atom stereocenters. The fourth-order valence-electron chi connectivity index (χ4n) is 2.03. The third-order valence-electron chi connectivity index (χ3n) is 3.33. The standard InChI is InChI=1S/C16H15Br2N5OS/c1-16(2,3)11-8-12(23(22-11)15-19-5-4-6-20-15)21-14(24)10-7-9(17)13(18)25-10/h4-8H,1-3H3,(H,21,24). The molecule has 25 heavy (non-hydrogen) atoms. The lowest BCUT2D eigenvalue weighted by Crippen LogP contribution is -2.15. The minimum Gasteiger partial charge on any atom is -0.306 e. The van der Waals surface area contributed by atoms with E-state index in [0.29, 0.717) is 16.6 Å². The van der Waals surface area contributed by atoms with E-state index >= 15 is 0 Å². The van der Waals surface area contributed by atoms with Gasteiger partial charge in [0.25, 0.3) is 11.9 Å². The number of amides is 1. The van der Waals surface area contributed by atoms with Gasteiger partial charge in [-0.2, -0.15) is 9.78 Å². The minimum atomic E-state index is -0.214. The second-order valence-corrected chi connectivity index (χ2v) is 9.54. The van der Waals surface area contributed by atoms with E-state index in [2.05, 4.69) is 73.0 Å². The Bertz CT molecular complexity index is 895. The maximum Gasteiger partial charge on any atom is 0.266 e. The molecule has 3 aromatic heterocycles. The summed E-state index contributed by atoms with van der Waals surface area (Å²) in [7, 11) is 0. The van der Waals surface area contributed by atoms with Crippen molar-refractivity contribution in [1.82, 2.24) is 19.7 Å². The second-order valence-electron chi connectivity index (χ2n) is 6.31. The lowest BCUT2D eigenvalue weighted by atomic mass is 9.92. The third-order valence-corrected chi connectivity index (χ3v) is 6.58. The van der Waals surface area contributed by atoms with Crippen LogP contribution in [0.2, 0.25) is 0 Å². The Morgan fingerprint density at radius 2 is 1.88 bits per heavy atom. The maximum absolute atomic E-state index is 12.6. The van der Waals surface area contributed by atoms with E-state index in [9.17, 15) is 4.79 Å². The molecule has 0 saturated heterocycles. The molecule has 0 atom stereocenters. The van der Waals surface area contributed by atoms with Crippen molar-refractivity contribution in [2.75, 3.05) is 5.32 Å². The van der Waals surface area contributed by atoms with Crippen LogP contribution in [0.1, 0.15) is 36.1 Å². The van der Waals surface area contributed by atoms with Gasteiger partial charge in [-0.05, 0) is 44.0 Å². The van der Waals surface area contributed by atoms with Crippen molar-refractivity contribution < 1.29 is 4.79 Å². The van der Waals surface area contributed by atoms with Gasteiger partial charge in [-0.1, -0.05) is 20.8 Å². The van der Waals surface area contributed by atoms with Crippen molar-refractivity contribution >= 4 is 54.9 Å². The van der Waals surface area contributed by atoms with Crippen LogP contribution in [0, 0.1) is 0 Å². The number of hydrogen-bond acceptors (Lipinski definition) is 5. The zero-order valence-electron chi connectivity index (χ0n) is 13.7. The Morgan fingerprint density at radius 1 is 1.20 bits per heavy atom. The van der Waals surface area contributed by atoms with Crippen molar-refractivity contribution in [1.29, 1.82) is 0 Å². The Morgan fingerprint density at radius 3 is 2.44 bits per heavy atom. The highest BCUT2D eigenvalue weighted by Gasteiger charge is 2.23. The van der Waals surface area contributed by atoms with Crippen molar-refractivity contribution in [2.24, 2.45) is 0 Å². The molecule has 3 rings (SSSR count). The molecule has 9 heteroatoms. The van der Waals surface area contributed by atoms with Crippen LogP contribution >= 0.6 is 43.2 Å². The molecule has 0 aliphatic heterocycles. The summed E-state index contributed by atoms with van der Waals surface area (Å²) in [5.74, 6) is 0.720. The highest BCUT2D eigenvalue weighted by atomic mass is 79.9. The fraction of sp³-hybridized carbons (Fsp3) is 0.250. The summed E-state index contributed by atoms with van der Waals surface area (Å²) < 4.78 is 3.27. The lowest BCUT2D eigenvalue weighted by molar-refractivity contribution is 0.103. The molecule has 6 nitrogen and oxygen atoms in total. The van der Waals surface area contributed by atoms with E-state index < -0.39 is 0 Å². The summed E-state index contributed by atoms with van der Waals surface area (Å²) in [6, 6.07) is 5.36. The number of aromatic nitrogens is 4. The number of halogens is 2. The Labute approximate surface area is 166 Å². The van der Waals surface area contributed by atoms with Crippen molar-refractivity contribution in [3.05, 3.63) is 49.4 Å². The third kappa shape index (κ3) is 3.99. The number of carbonyl (C=O) groups is 1. The lowest BCUT2D eigenvalue weighted by Gasteiger charge is -2.13. The normalized spacial score (nSPS) is 11.6. The van der Waals surface area contributed by atoms with Crippen LogP contribution in [-0.2, 0) is 5.41 Å². The first-order valence-electron chi connectivity index (χ1n) is 7.40. The van der Waals surface area contributed by atoms with Gasteiger partial charge in [0.2, 0.25) is 0 Å². The van der Waals surface area contributed by atoms with Crippen LogP contribution < -0.4 is 5.32 Å². The average Bonchev–Trinajstić information content (AvgIpc) is 3.12. The molecule has 0 aliphatic rings. The van der Waals surface area contributed by atoms with Gasteiger partial charge in [-0.15, -0.1) is 11.3 Å². The molecule has 3 heterocycles. The maximum atomic E-state index is 12.6. The zero-order chi connectivity index (χ0) is 18.2. The van der Waals surface area contributed by atoms with Crippen LogP contribution in [0.4, 0.5) is 5.82 Å². The second kappa shape index (κ2) is 6.97. The van der Waals surface area contributed by atoms with Crippen LogP contribution in [0.3, 0.4) is 0 Å². The van der Waals surface area contributed by atoms with E-state index in [1.807, 2.05) is 6.07 Å². The Hall–Kier alpha value is -1.58. The monoisotopic (exact) mass is 483 g/mol. The predicted molar refractivity (Wildman–Crippen MR) is 106 cm³/mol. The van der Waals surface area contributed by atoms with E-state index in [0.717, 1.165) is 14.0 Å². The number of hydrogen-bond donors (Lipinski definition) is 1. The summed E-state index contributed by atoms with van der Waals surface area (Å²) in [6.07, 6.45) is 3.28. The van der Waals surface area contributed by atoms with Gasteiger partial charge < -0.3 is 5.32 Å². The van der Waals surface area contributed by atoms with Gasteiger partial charge in [0.15, 0.2) is 0 Å². The number of nitrogens with zero attached hydrogens (tertiary/aromatic N) is 4. The molecular formula is C16H15Br2N5OS. The molecule has 0 bridgehead atoms. The summed E-state index contributed by atoms with van der Waals surface area (Å²) in [4.78, 5) is 21.6. The average molecular weight is 485 g/mol. The van der Waals surface area contributed by atoms with E-state index in [1.54, 1.807) is 29.2 Å². The van der Waals surface area contributed by atoms with Gasteiger partial charge >= 0.3 is 0 Å². The van der Waals surface area contributed by atoms with Crippen LogP contribution in [0.25, 0.3) is 5.95 Å². The highest BCUT2D eigenvalue weighted by molar-refractivity contribution is 9.13. The van der Waals surface area contributed by atoms with Crippen molar-refractivity contribution in [2.45, 2.75) is 26.2 Å². The molecule has 1 N–H and O–H groups in total. The fourth-order valence-corrected chi connectivity index (χ4v) is 3.96. The van der Waals surface area contributed by atoms with Gasteiger partial charge in [-0.3, -0.25) is 4.79 Å². The van der Waals surface area contributed by atoms with Crippen molar-refractivity contribution in [3.8, 4) is 5.95 Å². The Balaban J connectivity index is 1.99. The largest absolute Gasteiger partial charge is 0.306 e. The summed E-state index contributed by atoms with van der Waals surface area (Å²) in [6.45, 7) is 6.18. The highest BCUT2D eigenvalue weighted by Crippen LogP contribution is 2.33. The van der Waals surface area contributed by atoms with E-state index in [1.165, 1.54) is 11.3 Å². The topological polar surface area (TPSA) is 72.7 Å². The zero-order valence-corrected chi connectivity index (χ0v) is 17.7. The van der Waals surface area contributed by atoms with Gasteiger partial charge in [0, 0.05) is 28.3 Å². The molecule has 0 saturated carbocycles. The summed E-state index contributed by atoms with van der Waals surface area (Å²) >= 11 is 8.15. The number of anilines is 1. The first kappa shape index (κ1) is 18.2. The minimum absolute atomic E-state index is 0.172. The van der Waals surface area contributed by atoms with Gasteiger partial charge in [0.1, 0.15) is 5.82 Å². The Kier molecular flexibility index (Phi) is 5.08. The van der Waals surface area contributed by atoms with E-state index in [-0.39, 0.29) is 11.3 Å². The van der Waals surface area contributed by atoms with Gasteiger partial charge in [0.05, 0.1) is 14.4 Å². The molecule has 1 amide bonds. The molecule has 0 radical (unpaired) electrons. The smallest absolute Gasteiger partial charge is 0.266 e. The molecule has 0 fully saturated rings. The molecular weight excluding hydrogens is 470 g/mol. The first-order valence-corrected chi connectivity index (χ1v) is 9.80. The first-order chi connectivity index (χ1) is 11.8. The number of carbonyl (C=O) groups excluding carboxylic acids is 1.